The number of amidine groups is 2. The predicted molar refractivity (Wildman–Crippen MR) is 94.3 cm³/mol. The van der Waals surface area contributed by atoms with Crippen LogP contribution in [0.15, 0.2) is 63.7 Å². The summed E-state index contributed by atoms with van der Waals surface area (Å²) in [5.41, 5.74) is 11.8. The number of carbonyl (C=O) groups excluding carboxylic acids is 1. The number of ketones is 1. The third-order valence-corrected chi connectivity index (χ3v) is 5.18. The van der Waals surface area contributed by atoms with Crippen LogP contribution in [0.1, 0.15) is 21.5 Å². The van der Waals surface area contributed by atoms with E-state index in [0.717, 1.165) is 0 Å². The maximum atomic E-state index is 12.4. The molecule has 136 valence electrons. The van der Waals surface area contributed by atoms with Crippen LogP contribution >= 0.6 is 0 Å². The van der Waals surface area contributed by atoms with E-state index in [1.807, 2.05) is 0 Å². The molecule has 2 rings (SSSR count). The zero-order valence-electron chi connectivity index (χ0n) is 13.4. The highest BCUT2D eigenvalue weighted by Gasteiger charge is 2.20. The lowest BCUT2D eigenvalue weighted by Gasteiger charge is -2.06. The van der Waals surface area contributed by atoms with Gasteiger partial charge >= 0.3 is 0 Å². The zero-order chi connectivity index (χ0) is 19.3. The van der Waals surface area contributed by atoms with Crippen LogP contribution in [0.5, 0.6) is 0 Å². The highest BCUT2D eigenvalue weighted by Crippen LogP contribution is 2.15. The van der Waals surface area contributed by atoms with Gasteiger partial charge in [-0.3, -0.25) is 4.79 Å². The summed E-state index contributed by atoms with van der Waals surface area (Å²) in [6, 6.07) is 11.0. The number of hydrogen-bond acceptors (Lipinski definition) is 7. The molecule has 2 aromatic carbocycles. The summed E-state index contributed by atoms with van der Waals surface area (Å²) in [4.78, 5) is 12.2. The molecule has 0 aliphatic rings. The van der Waals surface area contributed by atoms with Crippen molar-refractivity contribution in [1.82, 2.24) is 0 Å². The molecule has 9 nitrogen and oxygen atoms in total. The molecule has 0 saturated carbocycles. The first-order valence-electron chi connectivity index (χ1n) is 7.20. The van der Waals surface area contributed by atoms with E-state index in [4.69, 9.17) is 21.9 Å². The molecule has 26 heavy (non-hydrogen) atoms. The Morgan fingerprint density at radius 1 is 0.808 bits per heavy atom. The minimum Gasteiger partial charge on any atom is -0.409 e. The second-order valence-electron chi connectivity index (χ2n) is 5.25. The Morgan fingerprint density at radius 2 is 1.19 bits per heavy atom. The van der Waals surface area contributed by atoms with E-state index in [1.165, 1.54) is 48.5 Å². The largest absolute Gasteiger partial charge is 0.409 e. The van der Waals surface area contributed by atoms with Crippen molar-refractivity contribution in [3.63, 3.8) is 0 Å². The molecule has 0 aliphatic heterocycles. The second-order valence-corrected chi connectivity index (χ2v) is 7.24. The summed E-state index contributed by atoms with van der Waals surface area (Å²) in [7, 11) is -3.87. The third kappa shape index (κ3) is 4.16. The van der Waals surface area contributed by atoms with Crippen molar-refractivity contribution < 1.29 is 23.6 Å². The first-order chi connectivity index (χ1) is 12.3. The second kappa shape index (κ2) is 7.66. The Hall–Kier alpha value is -3.40. The molecule has 0 fully saturated rings. The number of Topliss-reactive ketones (excluding diaryl/α,β-unsaturated/α-hetero) is 1. The smallest absolute Gasteiger partial charge is 0.185 e. The van der Waals surface area contributed by atoms with Gasteiger partial charge in [0.2, 0.25) is 0 Å². The lowest BCUT2D eigenvalue weighted by Crippen LogP contribution is -2.18. The van der Waals surface area contributed by atoms with E-state index in [0.29, 0.717) is 11.1 Å². The average molecular weight is 376 g/mol. The van der Waals surface area contributed by atoms with Gasteiger partial charge in [-0.05, 0) is 24.3 Å². The molecule has 10 heteroatoms. The van der Waals surface area contributed by atoms with E-state index >= 15 is 0 Å². The van der Waals surface area contributed by atoms with Crippen LogP contribution in [0.25, 0.3) is 0 Å². The van der Waals surface area contributed by atoms with Crippen LogP contribution in [-0.4, -0.2) is 42.0 Å². The van der Waals surface area contributed by atoms with Gasteiger partial charge in [0.1, 0.15) is 5.75 Å². The third-order valence-electron chi connectivity index (χ3n) is 3.55. The molecule has 0 radical (unpaired) electrons. The van der Waals surface area contributed by atoms with Gasteiger partial charge in [-0.2, -0.15) is 0 Å². The minimum absolute atomic E-state index is 0.0615. The van der Waals surface area contributed by atoms with Crippen LogP contribution in [-0.2, 0) is 9.84 Å². The quantitative estimate of drug-likeness (QED) is 0.187. The molecular formula is C16H16N4O5S. The Kier molecular flexibility index (Phi) is 5.58. The van der Waals surface area contributed by atoms with Gasteiger partial charge in [-0.25, -0.2) is 8.42 Å². The fraction of sp³-hybridized carbons (Fsp3) is 0.0625. The van der Waals surface area contributed by atoms with Gasteiger partial charge in [0.15, 0.2) is 27.3 Å². The molecule has 0 unspecified atom stereocenters. The molecule has 0 heterocycles. The molecule has 0 spiro atoms. The lowest BCUT2D eigenvalue weighted by molar-refractivity contribution is 0.102. The predicted octanol–water partition coefficient (Wildman–Crippen LogP) is 0.532. The molecule has 0 saturated heterocycles. The number of benzene rings is 2. The Labute approximate surface area is 149 Å². The van der Waals surface area contributed by atoms with Crippen molar-refractivity contribution in [2.75, 3.05) is 5.75 Å². The van der Waals surface area contributed by atoms with Gasteiger partial charge in [-0.15, -0.1) is 0 Å². The van der Waals surface area contributed by atoms with E-state index in [2.05, 4.69) is 10.3 Å². The van der Waals surface area contributed by atoms with Gasteiger partial charge in [0, 0.05) is 16.7 Å². The Balaban J connectivity index is 2.19. The van der Waals surface area contributed by atoms with Gasteiger partial charge < -0.3 is 21.9 Å². The van der Waals surface area contributed by atoms with Crippen LogP contribution in [0.3, 0.4) is 0 Å². The molecule has 0 atom stereocenters. The fourth-order valence-electron chi connectivity index (χ4n) is 2.11. The summed E-state index contributed by atoms with van der Waals surface area (Å²) in [6.07, 6.45) is 0. The number of sulfone groups is 1. The molecule has 0 aliphatic carbocycles. The summed E-state index contributed by atoms with van der Waals surface area (Å²) in [6.45, 7) is 0. The monoisotopic (exact) mass is 376 g/mol. The molecule has 6 N–H and O–H groups in total. The molecule has 0 bridgehead atoms. The molecule has 2 aromatic rings. The zero-order valence-corrected chi connectivity index (χ0v) is 14.2. The first-order valence-corrected chi connectivity index (χ1v) is 8.85. The SMILES string of the molecule is N/C(=N\O)c1ccc(C(=O)CS(=O)(=O)c2ccc(/C(N)=N/O)cc2)cc1. The van der Waals surface area contributed by atoms with Gasteiger partial charge in [-0.1, -0.05) is 34.6 Å². The van der Waals surface area contributed by atoms with E-state index in [9.17, 15) is 13.2 Å². The molecule has 0 aromatic heterocycles. The van der Waals surface area contributed by atoms with Gasteiger partial charge in [0.25, 0.3) is 0 Å². The van der Waals surface area contributed by atoms with E-state index in [-0.39, 0.29) is 22.1 Å². The average Bonchev–Trinajstić information content (AvgIpc) is 2.66. The summed E-state index contributed by atoms with van der Waals surface area (Å²) in [5, 5.41) is 22.9. The van der Waals surface area contributed by atoms with Crippen LogP contribution in [0, 0.1) is 0 Å². The molecular weight excluding hydrogens is 360 g/mol. The highest BCUT2D eigenvalue weighted by atomic mass is 32.2. The fourth-order valence-corrected chi connectivity index (χ4v) is 3.34. The maximum absolute atomic E-state index is 12.4. The Morgan fingerprint density at radius 3 is 1.62 bits per heavy atom. The van der Waals surface area contributed by atoms with E-state index in [1.54, 1.807) is 0 Å². The Bertz CT molecular complexity index is 965. The van der Waals surface area contributed by atoms with Crippen molar-refractivity contribution in [2.45, 2.75) is 4.90 Å². The standard InChI is InChI=1S/C16H16N4O5S/c17-15(19-22)11-3-1-10(2-4-11)14(21)9-26(24,25)13-7-5-12(6-8-13)16(18)20-23/h1-8,22-23H,9H2,(H2,17,19)(H2,18,20). The van der Waals surface area contributed by atoms with Gasteiger partial charge in [0.05, 0.1) is 4.90 Å². The number of nitrogens with two attached hydrogens (primary N) is 2. The maximum Gasteiger partial charge on any atom is 0.185 e. The summed E-state index contributed by atoms with van der Waals surface area (Å²) in [5.74, 6) is -1.60. The topological polar surface area (TPSA) is 168 Å². The van der Waals surface area contributed by atoms with Crippen LogP contribution in [0.4, 0.5) is 0 Å². The van der Waals surface area contributed by atoms with Crippen molar-refractivity contribution in [3.8, 4) is 0 Å². The number of carbonyl (C=O) groups is 1. The van der Waals surface area contributed by atoms with Crippen molar-refractivity contribution in [3.05, 3.63) is 65.2 Å². The summed E-state index contributed by atoms with van der Waals surface area (Å²) < 4.78 is 24.8. The number of hydrogen-bond donors (Lipinski definition) is 4. The van der Waals surface area contributed by atoms with Crippen molar-refractivity contribution >= 4 is 27.3 Å². The first kappa shape index (κ1) is 18.9. The van der Waals surface area contributed by atoms with Crippen molar-refractivity contribution in [2.24, 2.45) is 21.8 Å². The number of rotatable bonds is 6. The normalized spacial score (nSPS) is 12.8. The minimum atomic E-state index is -3.87. The van der Waals surface area contributed by atoms with Crippen LogP contribution in [0.2, 0.25) is 0 Å². The summed E-state index contributed by atoms with van der Waals surface area (Å²) >= 11 is 0. The lowest BCUT2D eigenvalue weighted by atomic mass is 10.1. The van der Waals surface area contributed by atoms with Crippen LogP contribution < -0.4 is 11.5 Å². The van der Waals surface area contributed by atoms with Crippen molar-refractivity contribution in [1.29, 1.82) is 0 Å². The number of nitrogens with zero attached hydrogens (tertiary/aromatic N) is 2. The number of oxime groups is 2. The van der Waals surface area contributed by atoms with E-state index < -0.39 is 21.4 Å². The molecule has 0 amide bonds. The highest BCUT2D eigenvalue weighted by molar-refractivity contribution is 7.92.